The topological polar surface area (TPSA) is 79.0 Å². The molecule has 0 bridgehead atoms. The third-order valence-corrected chi connectivity index (χ3v) is 6.41. The maximum atomic E-state index is 12.2. The Kier molecular flexibility index (Phi) is 5.28. The number of nitrogens with zero attached hydrogens (tertiary/aromatic N) is 3. The number of benzene rings is 1. The maximum Gasteiger partial charge on any atom is 0.177 e. The zero-order valence-corrected chi connectivity index (χ0v) is 16.7. The standard InChI is InChI=1S/C21H24N4O2S/c1-28(26,27)19-10-5-11-22-21(19)17-9-6-12-25(14-17)15-18-13-23-24-20(18)16-7-3-2-4-8-16/h2-5,7-8,10-11,13,17H,6,9,12,14-15H2,1H3,(H,23,24). The fourth-order valence-corrected chi connectivity index (χ4v) is 4.90. The summed E-state index contributed by atoms with van der Waals surface area (Å²) in [5.41, 5.74) is 4.01. The smallest absolute Gasteiger partial charge is 0.177 e. The van der Waals surface area contributed by atoms with Crippen molar-refractivity contribution in [2.45, 2.75) is 30.2 Å². The van der Waals surface area contributed by atoms with Gasteiger partial charge < -0.3 is 0 Å². The summed E-state index contributed by atoms with van der Waals surface area (Å²) in [4.78, 5) is 7.16. The second-order valence-corrected chi connectivity index (χ2v) is 9.35. The van der Waals surface area contributed by atoms with Crippen LogP contribution in [0, 0.1) is 0 Å². The Bertz CT molecular complexity index is 1050. The quantitative estimate of drug-likeness (QED) is 0.716. The minimum atomic E-state index is -3.29. The fourth-order valence-electron chi connectivity index (χ4n) is 3.97. The number of hydrogen-bond donors (Lipinski definition) is 1. The first kappa shape index (κ1) is 18.8. The minimum Gasteiger partial charge on any atom is -0.298 e. The molecule has 0 aliphatic carbocycles. The van der Waals surface area contributed by atoms with Crippen molar-refractivity contribution in [3.05, 3.63) is 66.1 Å². The zero-order chi connectivity index (χ0) is 19.6. The van der Waals surface area contributed by atoms with E-state index < -0.39 is 9.84 Å². The molecule has 0 spiro atoms. The summed E-state index contributed by atoms with van der Waals surface area (Å²) in [6.45, 7) is 2.55. The summed E-state index contributed by atoms with van der Waals surface area (Å²) in [5.74, 6) is 0.117. The molecule has 1 aromatic carbocycles. The highest BCUT2D eigenvalue weighted by Crippen LogP contribution is 2.31. The predicted molar refractivity (Wildman–Crippen MR) is 109 cm³/mol. The van der Waals surface area contributed by atoms with Crippen molar-refractivity contribution in [2.24, 2.45) is 0 Å². The van der Waals surface area contributed by atoms with Crippen molar-refractivity contribution >= 4 is 9.84 Å². The number of aromatic amines is 1. The highest BCUT2D eigenvalue weighted by atomic mass is 32.2. The van der Waals surface area contributed by atoms with E-state index in [9.17, 15) is 8.42 Å². The summed E-state index contributed by atoms with van der Waals surface area (Å²) < 4.78 is 24.3. The molecule has 1 N–H and O–H groups in total. The maximum absolute atomic E-state index is 12.2. The molecule has 2 aromatic heterocycles. The molecular formula is C21H24N4O2S. The predicted octanol–water partition coefficient (Wildman–Crippen LogP) is 3.25. The fraction of sp³-hybridized carbons (Fsp3) is 0.333. The lowest BCUT2D eigenvalue weighted by molar-refractivity contribution is 0.197. The normalized spacial score (nSPS) is 18.2. The van der Waals surface area contributed by atoms with Gasteiger partial charge in [0, 0.05) is 37.0 Å². The summed E-state index contributed by atoms with van der Waals surface area (Å²) in [7, 11) is -3.29. The third kappa shape index (κ3) is 4.00. The molecule has 4 rings (SSSR count). The van der Waals surface area contributed by atoms with Crippen LogP contribution in [0.4, 0.5) is 0 Å². The van der Waals surface area contributed by atoms with Gasteiger partial charge in [-0.25, -0.2) is 8.42 Å². The van der Waals surface area contributed by atoms with Gasteiger partial charge in [-0.3, -0.25) is 15.0 Å². The largest absolute Gasteiger partial charge is 0.298 e. The van der Waals surface area contributed by atoms with Gasteiger partial charge in [0.2, 0.25) is 0 Å². The Morgan fingerprint density at radius 2 is 2.00 bits per heavy atom. The monoisotopic (exact) mass is 396 g/mol. The molecule has 28 heavy (non-hydrogen) atoms. The molecule has 7 heteroatoms. The molecule has 146 valence electrons. The van der Waals surface area contributed by atoms with E-state index in [1.54, 1.807) is 18.3 Å². The number of sulfone groups is 1. The third-order valence-electron chi connectivity index (χ3n) is 5.27. The number of hydrogen-bond acceptors (Lipinski definition) is 5. The number of nitrogens with one attached hydrogen (secondary N) is 1. The van der Waals surface area contributed by atoms with Gasteiger partial charge in [0.15, 0.2) is 9.84 Å². The van der Waals surface area contributed by atoms with Crippen molar-refractivity contribution in [2.75, 3.05) is 19.3 Å². The summed E-state index contributed by atoms with van der Waals surface area (Å²) >= 11 is 0. The van der Waals surface area contributed by atoms with Crippen LogP contribution in [0.25, 0.3) is 11.3 Å². The number of likely N-dealkylation sites (tertiary alicyclic amines) is 1. The van der Waals surface area contributed by atoms with Crippen LogP contribution in [0.1, 0.15) is 30.0 Å². The second-order valence-electron chi connectivity index (χ2n) is 7.37. The van der Waals surface area contributed by atoms with Gasteiger partial charge in [-0.15, -0.1) is 0 Å². The molecule has 0 amide bonds. The van der Waals surface area contributed by atoms with E-state index in [0.29, 0.717) is 10.6 Å². The van der Waals surface area contributed by atoms with Crippen LogP contribution >= 0.6 is 0 Å². The number of rotatable bonds is 5. The summed E-state index contributed by atoms with van der Waals surface area (Å²) in [6, 6.07) is 13.5. The highest BCUT2D eigenvalue weighted by molar-refractivity contribution is 7.90. The van der Waals surface area contributed by atoms with E-state index >= 15 is 0 Å². The molecule has 1 aliphatic heterocycles. The second kappa shape index (κ2) is 7.85. The Morgan fingerprint density at radius 1 is 1.18 bits per heavy atom. The molecule has 6 nitrogen and oxygen atoms in total. The molecule has 0 radical (unpaired) electrons. The first-order valence-electron chi connectivity index (χ1n) is 9.47. The van der Waals surface area contributed by atoms with Crippen LogP contribution in [0.3, 0.4) is 0 Å². The van der Waals surface area contributed by atoms with E-state index in [-0.39, 0.29) is 5.92 Å². The lowest BCUT2D eigenvalue weighted by atomic mass is 9.93. The van der Waals surface area contributed by atoms with Gasteiger partial charge >= 0.3 is 0 Å². The molecule has 1 atom stereocenters. The van der Waals surface area contributed by atoms with E-state index in [4.69, 9.17) is 0 Å². The molecule has 0 saturated carbocycles. The van der Waals surface area contributed by atoms with E-state index in [2.05, 4.69) is 32.2 Å². The van der Waals surface area contributed by atoms with Crippen molar-refractivity contribution in [3.63, 3.8) is 0 Å². The molecule has 3 heterocycles. The lowest BCUT2D eigenvalue weighted by Crippen LogP contribution is -2.34. The number of pyridine rings is 1. The highest BCUT2D eigenvalue weighted by Gasteiger charge is 2.27. The van der Waals surface area contributed by atoms with Crippen LogP contribution < -0.4 is 0 Å². The molecule has 1 unspecified atom stereocenters. The van der Waals surface area contributed by atoms with Crippen molar-refractivity contribution < 1.29 is 8.42 Å². The average Bonchev–Trinajstić information content (AvgIpc) is 3.16. The van der Waals surface area contributed by atoms with E-state index in [0.717, 1.165) is 49.3 Å². The summed E-state index contributed by atoms with van der Waals surface area (Å²) in [6.07, 6.45) is 6.79. The molecule has 1 saturated heterocycles. The Labute approximate surface area is 165 Å². The van der Waals surface area contributed by atoms with Crippen molar-refractivity contribution in [1.29, 1.82) is 0 Å². The van der Waals surface area contributed by atoms with Crippen molar-refractivity contribution in [1.82, 2.24) is 20.1 Å². The van der Waals surface area contributed by atoms with E-state index in [1.165, 1.54) is 6.26 Å². The Balaban J connectivity index is 1.55. The lowest BCUT2D eigenvalue weighted by Gasteiger charge is -2.33. The van der Waals surface area contributed by atoms with Crippen LogP contribution in [0.5, 0.6) is 0 Å². The number of piperidine rings is 1. The molecule has 1 fully saturated rings. The molecular weight excluding hydrogens is 372 g/mol. The van der Waals surface area contributed by atoms with Gasteiger partial charge in [0.25, 0.3) is 0 Å². The van der Waals surface area contributed by atoms with Gasteiger partial charge in [-0.1, -0.05) is 30.3 Å². The van der Waals surface area contributed by atoms with Crippen molar-refractivity contribution in [3.8, 4) is 11.3 Å². The van der Waals surface area contributed by atoms with Crippen LogP contribution in [-0.4, -0.2) is 47.8 Å². The first-order chi connectivity index (χ1) is 13.5. The average molecular weight is 397 g/mol. The van der Waals surface area contributed by atoms with Crippen LogP contribution in [0.2, 0.25) is 0 Å². The number of aromatic nitrogens is 3. The molecule has 3 aromatic rings. The Hall–Kier alpha value is -2.51. The minimum absolute atomic E-state index is 0.117. The van der Waals surface area contributed by atoms with Gasteiger partial charge in [-0.2, -0.15) is 5.10 Å². The molecule has 1 aliphatic rings. The van der Waals surface area contributed by atoms with E-state index in [1.807, 2.05) is 24.4 Å². The Morgan fingerprint density at radius 3 is 2.79 bits per heavy atom. The summed E-state index contributed by atoms with van der Waals surface area (Å²) in [5, 5.41) is 7.36. The van der Waals surface area contributed by atoms with Gasteiger partial charge in [-0.05, 0) is 37.1 Å². The van der Waals surface area contributed by atoms with Crippen LogP contribution in [0.15, 0.2) is 59.8 Å². The first-order valence-corrected chi connectivity index (χ1v) is 11.4. The SMILES string of the molecule is CS(=O)(=O)c1cccnc1C1CCCN(Cc2cn[nH]c2-c2ccccc2)C1. The number of H-pyrrole nitrogens is 1. The van der Waals surface area contributed by atoms with Crippen LogP contribution in [-0.2, 0) is 16.4 Å². The van der Waals surface area contributed by atoms with Gasteiger partial charge in [0.1, 0.15) is 0 Å². The zero-order valence-electron chi connectivity index (χ0n) is 15.9. The van der Waals surface area contributed by atoms with Gasteiger partial charge in [0.05, 0.1) is 22.5 Å².